The number of rotatable bonds is 3. The van der Waals surface area contributed by atoms with Gasteiger partial charge in [-0.15, -0.1) is 5.10 Å². The number of anilines is 2. The highest BCUT2D eigenvalue weighted by molar-refractivity contribution is 9.10. The van der Waals surface area contributed by atoms with Crippen LogP contribution in [0.5, 0.6) is 0 Å². The summed E-state index contributed by atoms with van der Waals surface area (Å²) in [5.74, 6) is 0.661. The third-order valence-electron chi connectivity index (χ3n) is 4.03. The zero-order valence-corrected chi connectivity index (χ0v) is 14.4. The smallest absolute Gasteiger partial charge is 0.231 e. The van der Waals surface area contributed by atoms with Crippen LogP contribution in [0.2, 0.25) is 0 Å². The molecule has 2 aromatic heterocycles. The molecule has 3 heterocycles. The summed E-state index contributed by atoms with van der Waals surface area (Å²) in [4.78, 5) is 22.8. The number of benzene rings is 1. The quantitative estimate of drug-likeness (QED) is 0.733. The zero-order chi connectivity index (χ0) is 16.7. The Balaban J connectivity index is 1.44. The van der Waals surface area contributed by atoms with E-state index in [0.29, 0.717) is 24.3 Å². The van der Waals surface area contributed by atoms with Crippen molar-refractivity contribution >= 4 is 44.5 Å². The molecular formula is C15H14BrN7O. The van der Waals surface area contributed by atoms with Gasteiger partial charge in [-0.2, -0.15) is 0 Å². The maximum atomic E-state index is 12.3. The lowest BCUT2D eigenvalue weighted by Gasteiger charge is -2.38. The number of hydrogen-bond acceptors (Lipinski definition) is 6. The first-order valence-electron chi connectivity index (χ1n) is 7.43. The molecule has 0 bridgehead atoms. The molecule has 0 spiro atoms. The van der Waals surface area contributed by atoms with Crippen molar-refractivity contribution in [1.82, 2.24) is 25.0 Å². The van der Waals surface area contributed by atoms with Gasteiger partial charge in [-0.05, 0) is 24.3 Å². The van der Waals surface area contributed by atoms with Crippen molar-refractivity contribution in [2.24, 2.45) is 13.0 Å². The fraction of sp³-hybridized carbons (Fsp3) is 0.267. The molecular weight excluding hydrogens is 374 g/mol. The fourth-order valence-corrected chi connectivity index (χ4v) is 2.93. The Kier molecular flexibility index (Phi) is 3.64. The molecule has 3 aromatic rings. The van der Waals surface area contributed by atoms with Crippen molar-refractivity contribution in [2.75, 3.05) is 23.3 Å². The summed E-state index contributed by atoms with van der Waals surface area (Å²) >= 11 is 3.38. The third kappa shape index (κ3) is 2.60. The maximum Gasteiger partial charge on any atom is 0.231 e. The van der Waals surface area contributed by atoms with Crippen LogP contribution in [0.3, 0.4) is 0 Å². The number of aryl methyl sites for hydroxylation is 1. The van der Waals surface area contributed by atoms with Crippen LogP contribution in [0, 0.1) is 5.92 Å². The Labute approximate surface area is 146 Å². The number of aromatic nitrogens is 5. The number of carbonyl (C=O) groups is 1. The maximum absolute atomic E-state index is 12.3. The van der Waals surface area contributed by atoms with E-state index in [9.17, 15) is 4.79 Å². The van der Waals surface area contributed by atoms with Gasteiger partial charge in [0.25, 0.3) is 0 Å². The average Bonchev–Trinajstić information content (AvgIpc) is 2.91. The van der Waals surface area contributed by atoms with Crippen LogP contribution in [-0.2, 0) is 11.8 Å². The van der Waals surface area contributed by atoms with Gasteiger partial charge < -0.3 is 10.2 Å². The summed E-state index contributed by atoms with van der Waals surface area (Å²) in [7, 11) is 1.79. The molecule has 122 valence electrons. The molecule has 0 saturated carbocycles. The van der Waals surface area contributed by atoms with Crippen LogP contribution >= 0.6 is 15.9 Å². The Morgan fingerprint density at radius 1 is 1.25 bits per heavy atom. The largest absolute Gasteiger partial charge is 0.353 e. The Bertz CT molecular complexity index is 902. The van der Waals surface area contributed by atoms with Crippen molar-refractivity contribution in [3.05, 3.63) is 35.1 Å². The van der Waals surface area contributed by atoms with E-state index in [1.165, 1.54) is 6.33 Å². The Morgan fingerprint density at radius 2 is 2.00 bits per heavy atom. The van der Waals surface area contributed by atoms with Gasteiger partial charge in [-0.3, -0.25) is 4.79 Å². The minimum atomic E-state index is -0.0738. The molecule has 1 fully saturated rings. The number of nitrogens with zero attached hydrogens (tertiary/aromatic N) is 6. The van der Waals surface area contributed by atoms with Crippen molar-refractivity contribution in [2.45, 2.75) is 0 Å². The molecule has 8 nitrogen and oxygen atoms in total. The van der Waals surface area contributed by atoms with Gasteiger partial charge in [0.2, 0.25) is 5.91 Å². The molecule has 1 aliphatic rings. The number of halogens is 1. The fourth-order valence-electron chi connectivity index (χ4n) is 2.67. The summed E-state index contributed by atoms with van der Waals surface area (Å²) in [6, 6.07) is 7.53. The second-order valence-corrected chi connectivity index (χ2v) is 6.60. The van der Waals surface area contributed by atoms with E-state index in [2.05, 4.69) is 41.5 Å². The highest BCUT2D eigenvalue weighted by atomic mass is 79.9. The van der Waals surface area contributed by atoms with E-state index in [-0.39, 0.29) is 11.8 Å². The first-order valence-corrected chi connectivity index (χ1v) is 8.23. The van der Waals surface area contributed by atoms with Gasteiger partial charge >= 0.3 is 0 Å². The monoisotopic (exact) mass is 387 g/mol. The number of carbonyl (C=O) groups excluding carboxylic acids is 1. The summed E-state index contributed by atoms with van der Waals surface area (Å²) < 4.78 is 2.59. The summed E-state index contributed by atoms with van der Waals surface area (Å²) in [5.41, 5.74) is 2.13. The third-order valence-corrected chi connectivity index (χ3v) is 4.56. The molecule has 1 saturated heterocycles. The van der Waals surface area contributed by atoms with Crippen molar-refractivity contribution in [3.63, 3.8) is 0 Å². The van der Waals surface area contributed by atoms with E-state index >= 15 is 0 Å². The second-order valence-electron chi connectivity index (χ2n) is 5.68. The molecule has 0 atom stereocenters. The molecule has 0 unspecified atom stereocenters. The molecule has 1 N–H and O–H groups in total. The van der Waals surface area contributed by atoms with Gasteiger partial charge in [0.15, 0.2) is 17.0 Å². The SMILES string of the molecule is Cn1nnc2c(N3CC(C(=O)Nc4ccc(Br)cc4)C3)ncnc21. The van der Waals surface area contributed by atoms with Gasteiger partial charge in [0, 0.05) is 30.3 Å². The van der Waals surface area contributed by atoms with Crippen molar-refractivity contribution in [1.29, 1.82) is 0 Å². The number of hydrogen-bond donors (Lipinski definition) is 1. The van der Waals surface area contributed by atoms with Gasteiger partial charge in [0.05, 0.1) is 5.92 Å². The minimum Gasteiger partial charge on any atom is -0.353 e. The summed E-state index contributed by atoms with van der Waals surface area (Å²) in [6.07, 6.45) is 1.50. The molecule has 4 rings (SSSR count). The first kappa shape index (κ1) is 15.0. The Morgan fingerprint density at radius 3 is 2.75 bits per heavy atom. The number of fused-ring (bicyclic) bond motifs is 1. The van der Waals surface area contributed by atoms with Gasteiger partial charge in [-0.25, -0.2) is 14.6 Å². The van der Waals surface area contributed by atoms with Crippen LogP contribution in [0.25, 0.3) is 11.2 Å². The van der Waals surface area contributed by atoms with E-state index in [1.807, 2.05) is 29.2 Å². The number of nitrogens with one attached hydrogen (secondary N) is 1. The standard InChI is InChI=1S/C15H14BrN7O/c1-22-13-12(20-21-22)14(18-8-17-13)23-6-9(7-23)15(24)19-11-4-2-10(16)3-5-11/h2-5,8-9H,6-7H2,1H3,(H,19,24). The van der Waals surface area contributed by atoms with Crippen LogP contribution in [-0.4, -0.2) is 44.0 Å². The predicted octanol–water partition coefficient (Wildman–Crippen LogP) is 1.60. The van der Waals surface area contributed by atoms with E-state index < -0.39 is 0 Å². The van der Waals surface area contributed by atoms with Crippen LogP contribution < -0.4 is 10.2 Å². The molecule has 1 aliphatic heterocycles. The highest BCUT2D eigenvalue weighted by Crippen LogP contribution is 2.28. The van der Waals surface area contributed by atoms with Crippen LogP contribution in [0.1, 0.15) is 0 Å². The van der Waals surface area contributed by atoms with Gasteiger partial charge in [-0.1, -0.05) is 21.1 Å². The van der Waals surface area contributed by atoms with Crippen LogP contribution in [0.15, 0.2) is 35.1 Å². The molecule has 0 radical (unpaired) electrons. The lowest BCUT2D eigenvalue weighted by Crippen LogP contribution is -2.52. The van der Waals surface area contributed by atoms with E-state index in [1.54, 1.807) is 11.7 Å². The topological polar surface area (TPSA) is 88.8 Å². The summed E-state index contributed by atoms with van der Waals surface area (Å²) in [5, 5.41) is 11.0. The molecule has 1 aromatic carbocycles. The second kappa shape index (κ2) is 5.82. The first-order chi connectivity index (χ1) is 11.6. The molecule has 9 heteroatoms. The minimum absolute atomic E-state index is 0.0121. The van der Waals surface area contributed by atoms with E-state index in [0.717, 1.165) is 16.0 Å². The van der Waals surface area contributed by atoms with Crippen molar-refractivity contribution < 1.29 is 4.79 Å². The Hall–Kier alpha value is -2.55. The molecule has 1 amide bonds. The molecule has 0 aliphatic carbocycles. The number of amides is 1. The van der Waals surface area contributed by atoms with Gasteiger partial charge in [0.1, 0.15) is 6.33 Å². The zero-order valence-electron chi connectivity index (χ0n) is 12.8. The predicted molar refractivity (Wildman–Crippen MR) is 92.6 cm³/mol. The average molecular weight is 388 g/mol. The normalized spacial score (nSPS) is 14.7. The van der Waals surface area contributed by atoms with E-state index in [4.69, 9.17) is 0 Å². The summed E-state index contributed by atoms with van der Waals surface area (Å²) in [6.45, 7) is 1.20. The molecule has 24 heavy (non-hydrogen) atoms. The highest BCUT2D eigenvalue weighted by Gasteiger charge is 2.35. The lowest BCUT2D eigenvalue weighted by molar-refractivity contribution is -0.120. The van der Waals surface area contributed by atoms with Crippen molar-refractivity contribution in [3.8, 4) is 0 Å². The van der Waals surface area contributed by atoms with Crippen LogP contribution in [0.4, 0.5) is 11.5 Å². The lowest BCUT2D eigenvalue weighted by atomic mass is 9.99.